The second-order valence-electron chi connectivity index (χ2n) is 4.24. The monoisotopic (exact) mass is 253 g/mol. The summed E-state index contributed by atoms with van der Waals surface area (Å²) in [5.41, 5.74) is 0.0353. The molecule has 0 bridgehead atoms. The smallest absolute Gasteiger partial charge is 0.256 e. The van der Waals surface area contributed by atoms with Crippen LogP contribution in [0.4, 0.5) is 0 Å². The van der Waals surface area contributed by atoms with E-state index < -0.39 is 0 Å². The van der Waals surface area contributed by atoms with Crippen LogP contribution in [0.1, 0.15) is 0 Å². The first-order valence-corrected chi connectivity index (χ1v) is 5.84. The summed E-state index contributed by atoms with van der Waals surface area (Å²) in [5, 5.41) is 1.28. The van der Waals surface area contributed by atoms with Crippen LogP contribution in [0.5, 0.6) is 5.75 Å². The molecule has 3 aromatic rings. The Hall–Kier alpha value is -2.62. The number of hydrogen-bond acceptors (Lipinski definition) is 3. The maximum absolute atomic E-state index is 12.4. The number of nitrogens with one attached hydrogen (secondary N) is 1. The van der Waals surface area contributed by atoms with E-state index in [4.69, 9.17) is 4.74 Å². The lowest BCUT2D eigenvalue weighted by atomic mass is 10.1. The van der Waals surface area contributed by atoms with E-state index in [9.17, 15) is 9.59 Å². The van der Waals surface area contributed by atoms with Crippen molar-refractivity contribution in [2.24, 2.45) is 0 Å². The molecule has 19 heavy (non-hydrogen) atoms. The lowest BCUT2D eigenvalue weighted by molar-refractivity contribution is 0.415. The minimum absolute atomic E-state index is 0.161. The molecule has 0 aliphatic rings. The fourth-order valence-electron chi connectivity index (χ4n) is 2.17. The lowest BCUT2D eigenvalue weighted by Gasteiger charge is -1.98. The van der Waals surface area contributed by atoms with Crippen LogP contribution in [0, 0.1) is 0 Å². The summed E-state index contributed by atoms with van der Waals surface area (Å²) >= 11 is 0. The Labute approximate surface area is 108 Å². The van der Waals surface area contributed by atoms with E-state index in [0.29, 0.717) is 27.4 Å². The highest BCUT2D eigenvalue weighted by molar-refractivity contribution is 5.90. The van der Waals surface area contributed by atoms with Crippen LogP contribution in [0.25, 0.3) is 21.7 Å². The number of hydrogen-bond donors (Lipinski definition) is 1. The molecule has 0 amide bonds. The third-order valence-corrected chi connectivity index (χ3v) is 3.14. The van der Waals surface area contributed by atoms with Crippen LogP contribution in [0.2, 0.25) is 0 Å². The van der Waals surface area contributed by atoms with Gasteiger partial charge in [-0.3, -0.25) is 9.59 Å². The molecule has 0 unspecified atom stereocenters. The number of aromatic nitrogens is 1. The molecule has 0 saturated heterocycles. The first-order chi connectivity index (χ1) is 9.20. The number of benzene rings is 2. The van der Waals surface area contributed by atoms with Crippen LogP contribution in [-0.4, -0.2) is 12.1 Å². The zero-order chi connectivity index (χ0) is 13.4. The molecule has 3 rings (SSSR count). The van der Waals surface area contributed by atoms with Crippen LogP contribution in [0.15, 0.2) is 52.1 Å². The molecule has 0 atom stereocenters. The standard InChI is InChI=1S/C15H11NO3/c1-19-9-6-7-12-13(8-9)16-15(18)11-5-3-2-4-10(11)14(12)17/h2-8H,1H3,(H,16,18). The fourth-order valence-corrected chi connectivity index (χ4v) is 2.17. The van der Waals surface area contributed by atoms with E-state index in [1.54, 1.807) is 42.5 Å². The highest BCUT2D eigenvalue weighted by Gasteiger charge is 2.06. The summed E-state index contributed by atoms with van der Waals surface area (Å²) in [6.45, 7) is 0. The second kappa shape index (κ2) is 4.24. The summed E-state index contributed by atoms with van der Waals surface area (Å²) in [5.74, 6) is 0.595. The van der Waals surface area contributed by atoms with Gasteiger partial charge < -0.3 is 9.72 Å². The van der Waals surface area contributed by atoms with E-state index in [2.05, 4.69) is 4.98 Å². The van der Waals surface area contributed by atoms with Crippen molar-refractivity contribution >= 4 is 21.7 Å². The molecule has 2 aromatic carbocycles. The van der Waals surface area contributed by atoms with Crippen LogP contribution in [-0.2, 0) is 0 Å². The maximum Gasteiger partial charge on any atom is 0.256 e. The largest absolute Gasteiger partial charge is 0.497 e. The van der Waals surface area contributed by atoms with E-state index in [-0.39, 0.29) is 11.0 Å². The van der Waals surface area contributed by atoms with Crippen LogP contribution >= 0.6 is 0 Å². The van der Waals surface area contributed by atoms with Crippen molar-refractivity contribution in [1.29, 1.82) is 0 Å². The highest BCUT2D eigenvalue weighted by Crippen LogP contribution is 2.16. The number of methoxy groups -OCH3 is 1. The van der Waals surface area contributed by atoms with Gasteiger partial charge in [0.25, 0.3) is 5.56 Å². The fraction of sp³-hybridized carbons (Fsp3) is 0.0667. The first kappa shape index (κ1) is 11.5. The van der Waals surface area contributed by atoms with Crippen molar-refractivity contribution in [2.45, 2.75) is 0 Å². The Morgan fingerprint density at radius 3 is 2.42 bits per heavy atom. The van der Waals surface area contributed by atoms with Gasteiger partial charge in [0.2, 0.25) is 0 Å². The normalized spacial score (nSPS) is 10.8. The first-order valence-electron chi connectivity index (χ1n) is 5.84. The van der Waals surface area contributed by atoms with E-state index in [1.807, 2.05) is 0 Å². The number of H-pyrrole nitrogens is 1. The molecule has 4 nitrogen and oxygen atoms in total. The predicted octanol–water partition coefficient (Wildman–Crippen LogP) is 2.05. The SMILES string of the molecule is COc1ccc2c(=O)c3ccccc3c(=O)[nH]c2c1. The molecule has 0 spiro atoms. The number of rotatable bonds is 1. The molecule has 4 heteroatoms. The molecule has 1 N–H and O–H groups in total. The Morgan fingerprint density at radius 2 is 1.68 bits per heavy atom. The lowest BCUT2D eigenvalue weighted by Crippen LogP contribution is -2.02. The Kier molecular flexibility index (Phi) is 2.56. The quantitative estimate of drug-likeness (QED) is 0.722. The molecule has 0 radical (unpaired) electrons. The second-order valence-corrected chi connectivity index (χ2v) is 4.24. The van der Waals surface area contributed by atoms with Gasteiger partial charge in [-0.15, -0.1) is 0 Å². The van der Waals surface area contributed by atoms with Crippen LogP contribution < -0.4 is 15.7 Å². The van der Waals surface area contributed by atoms with E-state index >= 15 is 0 Å². The third kappa shape index (κ3) is 1.78. The van der Waals surface area contributed by atoms with Crippen molar-refractivity contribution in [1.82, 2.24) is 4.98 Å². The van der Waals surface area contributed by atoms with Gasteiger partial charge in [-0.25, -0.2) is 0 Å². The molecular formula is C15H11NO3. The number of fused-ring (bicyclic) bond motifs is 2. The molecule has 0 fully saturated rings. The van der Waals surface area contributed by atoms with Crippen molar-refractivity contribution in [3.05, 3.63) is 63.0 Å². The predicted molar refractivity (Wildman–Crippen MR) is 74.9 cm³/mol. The summed E-state index contributed by atoms with van der Waals surface area (Å²) in [4.78, 5) is 27.3. The average Bonchev–Trinajstić information content (AvgIpc) is 2.55. The van der Waals surface area contributed by atoms with Gasteiger partial charge in [0, 0.05) is 16.8 Å². The van der Waals surface area contributed by atoms with Gasteiger partial charge in [0.15, 0.2) is 5.43 Å². The minimum Gasteiger partial charge on any atom is -0.497 e. The minimum atomic E-state index is -0.282. The zero-order valence-electron chi connectivity index (χ0n) is 10.3. The van der Waals surface area contributed by atoms with Gasteiger partial charge >= 0.3 is 0 Å². The number of ether oxygens (including phenoxy) is 1. The molecule has 0 aliphatic heterocycles. The van der Waals surface area contributed by atoms with Gasteiger partial charge in [-0.05, 0) is 18.2 Å². The topological polar surface area (TPSA) is 59.2 Å². The molecule has 1 aromatic heterocycles. The Morgan fingerprint density at radius 1 is 0.947 bits per heavy atom. The van der Waals surface area contributed by atoms with Gasteiger partial charge in [0.1, 0.15) is 5.75 Å². The van der Waals surface area contributed by atoms with Crippen molar-refractivity contribution in [3.63, 3.8) is 0 Å². The number of aromatic amines is 1. The molecule has 0 saturated carbocycles. The van der Waals surface area contributed by atoms with E-state index in [0.717, 1.165) is 0 Å². The highest BCUT2D eigenvalue weighted by atomic mass is 16.5. The Balaban J connectivity index is 2.64. The third-order valence-electron chi connectivity index (χ3n) is 3.14. The summed E-state index contributed by atoms with van der Waals surface area (Å²) in [6, 6.07) is 11.8. The molecule has 0 aliphatic carbocycles. The van der Waals surface area contributed by atoms with Crippen molar-refractivity contribution in [2.75, 3.05) is 7.11 Å². The van der Waals surface area contributed by atoms with Gasteiger partial charge in [0.05, 0.1) is 18.0 Å². The van der Waals surface area contributed by atoms with Crippen molar-refractivity contribution < 1.29 is 4.74 Å². The molecular weight excluding hydrogens is 242 g/mol. The summed E-state index contributed by atoms with van der Waals surface area (Å²) in [6.07, 6.45) is 0. The maximum atomic E-state index is 12.4. The Bertz CT molecular complexity index is 897. The molecule has 94 valence electrons. The van der Waals surface area contributed by atoms with Crippen LogP contribution in [0.3, 0.4) is 0 Å². The zero-order valence-corrected chi connectivity index (χ0v) is 10.3. The summed E-state index contributed by atoms with van der Waals surface area (Å²) < 4.78 is 5.11. The van der Waals surface area contributed by atoms with Gasteiger partial charge in [-0.1, -0.05) is 18.2 Å². The molecule has 1 heterocycles. The van der Waals surface area contributed by atoms with E-state index in [1.165, 1.54) is 7.11 Å². The van der Waals surface area contributed by atoms with Gasteiger partial charge in [-0.2, -0.15) is 0 Å². The average molecular weight is 253 g/mol. The van der Waals surface area contributed by atoms with Crippen molar-refractivity contribution in [3.8, 4) is 5.75 Å². The summed E-state index contributed by atoms with van der Waals surface area (Å²) in [7, 11) is 1.54.